The van der Waals surface area contributed by atoms with Crippen molar-refractivity contribution in [2.45, 2.75) is 37.9 Å². The van der Waals surface area contributed by atoms with Crippen molar-refractivity contribution in [3.63, 3.8) is 0 Å². The Bertz CT molecular complexity index is 409. The van der Waals surface area contributed by atoms with E-state index in [1.54, 1.807) is 6.92 Å². The molecule has 1 fully saturated rings. The fourth-order valence-corrected chi connectivity index (χ4v) is 1.97. The summed E-state index contributed by atoms with van der Waals surface area (Å²) in [6, 6.07) is 8.98. The summed E-state index contributed by atoms with van der Waals surface area (Å²) in [7, 11) is 0. The van der Waals surface area contributed by atoms with Crippen molar-refractivity contribution in [1.29, 1.82) is 0 Å². The van der Waals surface area contributed by atoms with Gasteiger partial charge in [-0.2, -0.15) is 0 Å². The van der Waals surface area contributed by atoms with Crippen molar-refractivity contribution < 1.29 is 19.7 Å². The van der Waals surface area contributed by atoms with Gasteiger partial charge >= 0.3 is 0 Å². The van der Waals surface area contributed by atoms with Crippen molar-refractivity contribution in [3.05, 3.63) is 35.9 Å². The number of rotatable bonds is 3. The molecule has 5 heteroatoms. The van der Waals surface area contributed by atoms with Gasteiger partial charge in [0.2, 0.25) is 0 Å². The molecule has 0 radical (unpaired) electrons. The number of amides is 1. The quantitative estimate of drug-likeness (QED) is 0.696. The van der Waals surface area contributed by atoms with Gasteiger partial charge < -0.3 is 20.3 Å². The second kappa shape index (κ2) is 5.48. The number of aliphatic hydroxyl groups excluding tert-OH is 2. The summed E-state index contributed by atoms with van der Waals surface area (Å²) in [5, 5.41) is 22.1. The summed E-state index contributed by atoms with van der Waals surface area (Å²) < 4.78 is 5.47. The predicted molar refractivity (Wildman–Crippen MR) is 64.6 cm³/mol. The minimum atomic E-state index is -1.33. The monoisotopic (exact) mass is 251 g/mol. The van der Waals surface area contributed by atoms with E-state index in [1.807, 2.05) is 30.3 Å². The first-order chi connectivity index (χ1) is 8.59. The summed E-state index contributed by atoms with van der Waals surface area (Å²) >= 11 is 0. The molecule has 1 aliphatic heterocycles. The Kier molecular flexibility index (Phi) is 3.96. The van der Waals surface area contributed by atoms with E-state index in [-0.39, 0.29) is 6.61 Å². The van der Waals surface area contributed by atoms with E-state index in [2.05, 4.69) is 5.32 Å². The lowest BCUT2D eigenvalue weighted by Gasteiger charge is -2.36. The molecule has 18 heavy (non-hydrogen) atoms. The molecule has 5 nitrogen and oxygen atoms in total. The number of carbonyl (C=O) groups is 1. The van der Waals surface area contributed by atoms with Gasteiger partial charge in [0, 0.05) is 0 Å². The number of piperidine rings is 1. The maximum Gasteiger partial charge on any atom is 0.251 e. The first-order valence-corrected chi connectivity index (χ1v) is 5.91. The van der Waals surface area contributed by atoms with E-state index in [0.29, 0.717) is 0 Å². The number of hydrogen-bond acceptors (Lipinski definition) is 4. The summed E-state index contributed by atoms with van der Waals surface area (Å²) in [5.74, 6) is -0.508. The second-order valence-corrected chi connectivity index (χ2v) is 4.49. The van der Waals surface area contributed by atoms with Gasteiger partial charge in [0.25, 0.3) is 5.91 Å². The van der Waals surface area contributed by atoms with Crippen molar-refractivity contribution in [2.75, 3.05) is 0 Å². The molecule has 0 aliphatic carbocycles. The number of ether oxygens (including phenoxy) is 1. The maximum absolute atomic E-state index is 11.4. The van der Waals surface area contributed by atoms with E-state index in [4.69, 9.17) is 4.74 Å². The van der Waals surface area contributed by atoms with Crippen molar-refractivity contribution in [3.8, 4) is 0 Å². The van der Waals surface area contributed by atoms with Crippen LogP contribution < -0.4 is 5.32 Å². The van der Waals surface area contributed by atoms with Gasteiger partial charge in [-0.15, -0.1) is 0 Å². The normalized spacial score (nSPS) is 32.1. The van der Waals surface area contributed by atoms with Crippen LogP contribution in [0.3, 0.4) is 0 Å². The van der Waals surface area contributed by atoms with Crippen molar-refractivity contribution >= 4 is 5.91 Å². The first kappa shape index (κ1) is 13.0. The van der Waals surface area contributed by atoms with Crippen LogP contribution in [0.5, 0.6) is 0 Å². The van der Waals surface area contributed by atoms with Gasteiger partial charge in [0.05, 0.1) is 12.6 Å². The van der Waals surface area contributed by atoms with E-state index < -0.39 is 30.3 Å². The topological polar surface area (TPSA) is 78.8 Å². The number of aliphatic hydroxyl groups is 2. The van der Waals surface area contributed by atoms with Gasteiger partial charge in [0.15, 0.2) is 6.10 Å². The molecule has 1 aliphatic rings. The van der Waals surface area contributed by atoms with Crippen molar-refractivity contribution in [1.82, 2.24) is 5.32 Å². The lowest BCUT2D eigenvalue weighted by atomic mass is 9.96. The molecule has 1 heterocycles. The molecule has 98 valence electrons. The summed E-state index contributed by atoms with van der Waals surface area (Å²) in [4.78, 5) is 11.4. The number of carbonyl (C=O) groups excluding carboxylic acids is 1. The largest absolute Gasteiger partial charge is 0.388 e. The van der Waals surface area contributed by atoms with Gasteiger partial charge in [0.1, 0.15) is 12.2 Å². The summed E-state index contributed by atoms with van der Waals surface area (Å²) in [5.41, 5.74) is 0.926. The molecule has 0 unspecified atom stereocenters. The standard InChI is InChI=1S/C13H17NO4/c1-8-10(15)12(11(16)13(17)14-8)18-7-9-5-3-2-4-6-9/h2-6,8,10-12,15-16H,7H2,1H3,(H,14,17)/t8-,10+,11-,12+/m0/s1. The van der Waals surface area contributed by atoms with Crippen LogP contribution in [0.4, 0.5) is 0 Å². The highest BCUT2D eigenvalue weighted by Crippen LogP contribution is 2.16. The third kappa shape index (κ3) is 2.69. The van der Waals surface area contributed by atoms with E-state index >= 15 is 0 Å². The number of benzene rings is 1. The Morgan fingerprint density at radius 1 is 1.28 bits per heavy atom. The molecule has 0 aromatic heterocycles. The Balaban J connectivity index is 2.00. The zero-order chi connectivity index (χ0) is 13.1. The minimum absolute atomic E-state index is 0.250. The molecule has 0 spiro atoms. The van der Waals surface area contributed by atoms with E-state index in [1.165, 1.54) is 0 Å². The molecular formula is C13H17NO4. The fraction of sp³-hybridized carbons (Fsp3) is 0.462. The molecule has 3 N–H and O–H groups in total. The molecule has 2 rings (SSSR count). The lowest BCUT2D eigenvalue weighted by Crippen LogP contribution is -2.62. The van der Waals surface area contributed by atoms with Crippen LogP contribution in [-0.4, -0.2) is 40.5 Å². The predicted octanol–water partition coefficient (Wildman–Crippen LogP) is -0.188. The summed E-state index contributed by atoms with van der Waals surface area (Å²) in [6.45, 7) is 1.92. The Hall–Kier alpha value is -1.43. The number of nitrogens with one attached hydrogen (secondary N) is 1. The zero-order valence-corrected chi connectivity index (χ0v) is 10.1. The van der Waals surface area contributed by atoms with E-state index in [9.17, 15) is 15.0 Å². The molecule has 0 saturated carbocycles. The molecule has 1 saturated heterocycles. The Morgan fingerprint density at radius 3 is 2.61 bits per heavy atom. The number of hydrogen-bond donors (Lipinski definition) is 3. The van der Waals surface area contributed by atoms with Crippen LogP contribution in [0.15, 0.2) is 30.3 Å². The van der Waals surface area contributed by atoms with Crippen LogP contribution in [0.1, 0.15) is 12.5 Å². The van der Waals surface area contributed by atoms with Gasteiger partial charge in [-0.3, -0.25) is 4.79 Å². The van der Waals surface area contributed by atoms with Crippen LogP contribution in [0.25, 0.3) is 0 Å². The van der Waals surface area contributed by atoms with Crippen LogP contribution in [-0.2, 0) is 16.1 Å². The highest BCUT2D eigenvalue weighted by Gasteiger charge is 2.41. The summed E-state index contributed by atoms with van der Waals surface area (Å²) in [6.07, 6.45) is -3.14. The minimum Gasteiger partial charge on any atom is -0.388 e. The second-order valence-electron chi connectivity index (χ2n) is 4.49. The van der Waals surface area contributed by atoms with Gasteiger partial charge in [-0.05, 0) is 12.5 Å². The van der Waals surface area contributed by atoms with Crippen LogP contribution >= 0.6 is 0 Å². The molecular weight excluding hydrogens is 234 g/mol. The fourth-order valence-electron chi connectivity index (χ4n) is 1.97. The molecule has 1 amide bonds. The molecule has 1 aromatic carbocycles. The molecule has 1 aromatic rings. The van der Waals surface area contributed by atoms with Gasteiger partial charge in [-0.1, -0.05) is 30.3 Å². The van der Waals surface area contributed by atoms with Gasteiger partial charge in [-0.25, -0.2) is 0 Å². The van der Waals surface area contributed by atoms with Crippen molar-refractivity contribution in [2.24, 2.45) is 0 Å². The Morgan fingerprint density at radius 2 is 1.94 bits per heavy atom. The SMILES string of the molecule is C[C@@H]1NC(=O)[C@@H](O)[C@H](OCc2ccccc2)[C@@H]1O. The maximum atomic E-state index is 11.4. The van der Waals surface area contributed by atoms with E-state index in [0.717, 1.165) is 5.56 Å². The Labute approximate surface area is 105 Å². The third-order valence-electron chi connectivity index (χ3n) is 3.08. The smallest absolute Gasteiger partial charge is 0.251 e. The van der Waals surface area contributed by atoms with Crippen LogP contribution in [0, 0.1) is 0 Å². The highest BCUT2D eigenvalue weighted by molar-refractivity contribution is 5.82. The third-order valence-corrected chi connectivity index (χ3v) is 3.08. The molecule has 0 bridgehead atoms. The van der Waals surface area contributed by atoms with Crippen LogP contribution in [0.2, 0.25) is 0 Å². The zero-order valence-electron chi connectivity index (χ0n) is 10.1. The average Bonchev–Trinajstić information content (AvgIpc) is 2.38. The molecule has 4 atom stereocenters. The highest BCUT2D eigenvalue weighted by atomic mass is 16.5. The first-order valence-electron chi connectivity index (χ1n) is 5.91. The average molecular weight is 251 g/mol. The lowest BCUT2D eigenvalue weighted by molar-refractivity contribution is -0.164.